The minimum Gasteiger partial charge on any atom is -0.275 e. The molecule has 1 N–H and O–H groups in total. The van der Waals surface area contributed by atoms with Crippen LogP contribution in [-0.4, -0.2) is 23.2 Å². The van der Waals surface area contributed by atoms with Crippen molar-refractivity contribution in [2.24, 2.45) is 7.05 Å². The van der Waals surface area contributed by atoms with Gasteiger partial charge in [0.05, 0.1) is 10.7 Å². The number of halogens is 1. The van der Waals surface area contributed by atoms with Crippen LogP contribution in [0, 0.1) is 6.92 Å². The Bertz CT molecular complexity index is 696. The fourth-order valence-corrected chi connectivity index (χ4v) is 3.07. The first kappa shape index (κ1) is 14.0. The van der Waals surface area contributed by atoms with Gasteiger partial charge >= 0.3 is 0 Å². The van der Waals surface area contributed by atoms with Crippen LogP contribution in [0.5, 0.6) is 0 Å². The molecule has 8 heteroatoms. The summed E-state index contributed by atoms with van der Waals surface area (Å²) in [5.74, 6) is 0. The summed E-state index contributed by atoms with van der Waals surface area (Å²) in [4.78, 5) is 3.74. The predicted molar refractivity (Wildman–Crippen MR) is 71.2 cm³/mol. The molecule has 0 aliphatic heterocycles. The van der Waals surface area contributed by atoms with Crippen LogP contribution >= 0.6 is 11.6 Å². The van der Waals surface area contributed by atoms with Crippen LogP contribution in [0.4, 0.5) is 0 Å². The second-order valence-corrected chi connectivity index (χ2v) is 6.19. The number of pyridine rings is 1. The van der Waals surface area contributed by atoms with E-state index < -0.39 is 10.0 Å². The van der Waals surface area contributed by atoms with Gasteiger partial charge in [0.2, 0.25) is 10.0 Å². The standard InChI is InChI=1S/C11H13ClN4O2S/c1-8-9(7-16(2)15-8)5-14-19(17,18)11-6-13-4-3-10(11)12/h3-4,6-7,14H,5H2,1-2H3. The van der Waals surface area contributed by atoms with Gasteiger partial charge in [-0.15, -0.1) is 0 Å². The van der Waals surface area contributed by atoms with Crippen LogP contribution in [0.1, 0.15) is 11.3 Å². The molecule has 0 aromatic carbocycles. The number of aryl methyl sites for hydroxylation is 2. The van der Waals surface area contributed by atoms with E-state index in [1.54, 1.807) is 17.9 Å². The van der Waals surface area contributed by atoms with Gasteiger partial charge in [-0.05, 0) is 13.0 Å². The second kappa shape index (κ2) is 5.28. The summed E-state index contributed by atoms with van der Waals surface area (Å²) in [7, 11) is -1.90. The normalized spacial score (nSPS) is 11.7. The lowest BCUT2D eigenvalue weighted by Gasteiger charge is -2.07. The highest BCUT2D eigenvalue weighted by Gasteiger charge is 2.18. The molecule has 0 saturated heterocycles. The van der Waals surface area contributed by atoms with Crippen molar-refractivity contribution in [3.05, 3.63) is 40.9 Å². The summed E-state index contributed by atoms with van der Waals surface area (Å²) >= 11 is 5.85. The van der Waals surface area contributed by atoms with Gasteiger partial charge in [0.15, 0.2) is 0 Å². The summed E-state index contributed by atoms with van der Waals surface area (Å²) in [6, 6.07) is 1.44. The SMILES string of the molecule is Cc1nn(C)cc1CNS(=O)(=O)c1cnccc1Cl. The summed E-state index contributed by atoms with van der Waals surface area (Å²) < 4.78 is 28.3. The molecule has 0 fully saturated rings. The van der Waals surface area contributed by atoms with E-state index >= 15 is 0 Å². The molecule has 0 aliphatic rings. The molecular weight excluding hydrogens is 288 g/mol. The van der Waals surface area contributed by atoms with Gasteiger partial charge in [0, 0.05) is 37.7 Å². The highest BCUT2D eigenvalue weighted by molar-refractivity contribution is 7.89. The zero-order valence-corrected chi connectivity index (χ0v) is 12.0. The van der Waals surface area contributed by atoms with Gasteiger partial charge in [0.1, 0.15) is 4.90 Å². The van der Waals surface area contributed by atoms with E-state index in [9.17, 15) is 8.42 Å². The van der Waals surface area contributed by atoms with E-state index in [1.165, 1.54) is 18.5 Å². The molecule has 2 aromatic heterocycles. The summed E-state index contributed by atoms with van der Waals surface area (Å²) in [5, 5.41) is 4.29. The van der Waals surface area contributed by atoms with E-state index in [4.69, 9.17) is 11.6 Å². The maximum absolute atomic E-state index is 12.1. The maximum atomic E-state index is 12.1. The first-order valence-electron chi connectivity index (χ1n) is 5.48. The van der Waals surface area contributed by atoms with Crippen LogP contribution in [0.3, 0.4) is 0 Å². The maximum Gasteiger partial charge on any atom is 0.243 e. The highest BCUT2D eigenvalue weighted by Crippen LogP contribution is 2.19. The third-order valence-corrected chi connectivity index (χ3v) is 4.46. The monoisotopic (exact) mass is 300 g/mol. The lowest BCUT2D eigenvalue weighted by atomic mass is 10.3. The number of aromatic nitrogens is 3. The van der Waals surface area contributed by atoms with Gasteiger partial charge in [-0.1, -0.05) is 11.6 Å². The molecule has 2 heterocycles. The third kappa shape index (κ3) is 3.12. The number of sulfonamides is 1. The Morgan fingerprint density at radius 3 is 2.79 bits per heavy atom. The fraction of sp³-hybridized carbons (Fsp3) is 0.273. The molecule has 0 unspecified atom stereocenters. The number of rotatable bonds is 4. The van der Waals surface area contributed by atoms with Crippen molar-refractivity contribution >= 4 is 21.6 Å². The Labute approximate surface area is 116 Å². The summed E-state index contributed by atoms with van der Waals surface area (Å²) in [6.45, 7) is 1.98. The predicted octanol–water partition coefficient (Wildman–Crippen LogP) is 1.26. The molecule has 19 heavy (non-hydrogen) atoms. The molecule has 0 radical (unpaired) electrons. The zero-order valence-electron chi connectivity index (χ0n) is 10.5. The first-order valence-corrected chi connectivity index (χ1v) is 7.34. The van der Waals surface area contributed by atoms with E-state index in [0.29, 0.717) is 0 Å². The van der Waals surface area contributed by atoms with Crippen molar-refractivity contribution in [2.45, 2.75) is 18.4 Å². The molecule has 0 spiro atoms. The quantitative estimate of drug-likeness (QED) is 0.922. The molecule has 2 aromatic rings. The minimum absolute atomic E-state index is 0.0294. The Kier molecular flexibility index (Phi) is 3.88. The number of nitrogens with one attached hydrogen (secondary N) is 1. The average molecular weight is 301 g/mol. The third-order valence-electron chi connectivity index (χ3n) is 2.59. The lowest BCUT2D eigenvalue weighted by molar-refractivity contribution is 0.581. The van der Waals surface area contributed by atoms with Gasteiger partial charge in [-0.25, -0.2) is 13.1 Å². The second-order valence-electron chi connectivity index (χ2n) is 4.04. The van der Waals surface area contributed by atoms with Crippen LogP contribution in [-0.2, 0) is 23.6 Å². The molecule has 6 nitrogen and oxygen atoms in total. The van der Waals surface area contributed by atoms with Crippen molar-refractivity contribution in [3.63, 3.8) is 0 Å². The molecule has 0 amide bonds. The summed E-state index contributed by atoms with van der Waals surface area (Å²) in [6.07, 6.45) is 4.43. The Balaban J connectivity index is 2.19. The van der Waals surface area contributed by atoms with Gasteiger partial charge in [-0.3, -0.25) is 9.67 Å². The molecule has 0 atom stereocenters. The number of hydrogen-bond donors (Lipinski definition) is 1. The van der Waals surface area contributed by atoms with Crippen molar-refractivity contribution in [3.8, 4) is 0 Å². The van der Waals surface area contributed by atoms with Gasteiger partial charge in [-0.2, -0.15) is 5.10 Å². The summed E-state index contributed by atoms with van der Waals surface area (Å²) in [5.41, 5.74) is 1.59. The van der Waals surface area contributed by atoms with Crippen molar-refractivity contribution in [2.75, 3.05) is 0 Å². The highest BCUT2D eigenvalue weighted by atomic mass is 35.5. The fourth-order valence-electron chi connectivity index (χ4n) is 1.63. The molecule has 2 rings (SSSR count). The van der Waals surface area contributed by atoms with E-state index in [-0.39, 0.29) is 16.5 Å². The smallest absolute Gasteiger partial charge is 0.243 e. The Hall–Kier alpha value is -1.44. The van der Waals surface area contributed by atoms with Crippen LogP contribution in [0.25, 0.3) is 0 Å². The average Bonchev–Trinajstić information content (AvgIpc) is 2.66. The molecule has 0 bridgehead atoms. The van der Waals surface area contributed by atoms with Crippen molar-refractivity contribution in [1.82, 2.24) is 19.5 Å². The van der Waals surface area contributed by atoms with E-state index in [0.717, 1.165) is 11.3 Å². The van der Waals surface area contributed by atoms with Gasteiger partial charge < -0.3 is 0 Å². The van der Waals surface area contributed by atoms with Crippen LogP contribution in [0.15, 0.2) is 29.6 Å². The first-order chi connectivity index (χ1) is 8.90. The van der Waals surface area contributed by atoms with E-state index in [2.05, 4.69) is 14.8 Å². The topological polar surface area (TPSA) is 76.9 Å². The van der Waals surface area contributed by atoms with Crippen LogP contribution < -0.4 is 4.72 Å². The number of nitrogens with zero attached hydrogens (tertiary/aromatic N) is 3. The zero-order chi connectivity index (χ0) is 14.0. The molecular formula is C11H13ClN4O2S. The van der Waals surface area contributed by atoms with Crippen LogP contribution in [0.2, 0.25) is 5.02 Å². The largest absolute Gasteiger partial charge is 0.275 e. The molecule has 102 valence electrons. The van der Waals surface area contributed by atoms with Crippen molar-refractivity contribution in [1.29, 1.82) is 0 Å². The lowest BCUT2D eigenvalue weighted by Crippen LogP contribution is -2.23. The minimum atomic E-state index is -3.68. The Morgan fingerprint density at radius 2 is 2.21 bits per heavy atom. The molecule has 0 saturated carbocycles. The molecule has 0 aliphatic carbocycles. The van der Waals surface area contributed by atoms with E-state index in [1.807, 2.05) is 6.92 Å². The Morgan fingerprint density at radius 1 is 1.47 bits per heavy atom. The number of hydrogen-bond acceptors (Lipinski definition) is 4. The van der Waals surface area contributed by atoms with Gasteiger partial charge in [0.25, 0.3) is 0 Å². The van der Waals surface area contributed by atoms with Crippen molar-refractivity contribution < 1.29 is 8.42 Å².